The highest BCUT2D eigenvalue weighted by Gasteiger charge is 2.12. The van der Waals surface area contributed by atoms with E-state index in [0.717, 1.165) is 5.39 Å². The summed E-state index contributed by atoms with van der Waals surface area (Å²) in [6.07, 6.45) is 1.66. The summed E-state index contributed by atoms with van der Waals surface area (Å²) in [7, 11) is 0. The molecule has 0 radical (unpaired) electrons. The first-order valence-electron chi connectivity index (χ1n) is 8.28. The minimum Gasteiger partial charge on any atom is -0.326 e. The molecule has 27 heavy (non-hydrogen) atoms. The third-order valence-corrected chi connectivity index (χ3v) is 3.72. The van der Waals surface area contributed by atoms with Gasteiger partial charge in [0.2, 0.25) is 11.8 Å². The zero-order valence-electron chi connectivity index (χ0n) is 14.9. The summed E-state index contributed by atoms with van der Waals surface area (Å²) in [5.74, 6) is -0.939. The van der Waals surface area contributed by atoms with Gasteiger partial charge in [0.05, 0.1) is 11.2 Å². The zero-order valence-corrected chi connectivity index (χ0v) is 14.9. The lowest BCUT2D eigenvalue weighted by atomic mass is 10.1. The number of rotatable bonds is 4. The summed E-state index contributed by atoms with van der Waals surface area (Å²) in [5, 5.41) is 8.99. The quantitative estimate of drug-likeness (QED) is 0.662. The summed E-state index contributed by atoms with van der Waals surface area (Å²) in [6.45, 7) is 2.74. The first-order valence-corrected chi connectivity index (χ1v) is 8.28. The predicted molar refractivity (Wildman–Crippen MR) is 105 cm³/mol. The molecule has 2 aromatic carbocycles. The first-order chi connectivity index (χ1) is 12.9. The number of amides is 3. The van der Waals surface area contributed by atoms with Gasteiger partial charge in [0.25, 0.3) is 5.91 Å². The van der Waals surface area contributed by atoms with Crippen molar-refractivity contribution in [3.8, 4) is 0 Å². The second-order valence-electron chi connectivity index (χ2n) is 6.00. The number of fused-ring (bicyclic) bond motifs is 1. The summed E-state index contributed by atoms with van der Waals surface area (Å²) in [4.78, 5) is 39.8. The number of benzene rings is 2. The number of carbonyl (C=O) groups is 3. The van der Waals surface area contributed by atoms with Crippen LogP contribution in [-0.2, 0) is 9.59 Å². The number of hydrogen-bond acceptors (Lipinski definition) is 4. The third kappa shape index (κ3) is 4.46. The van der Waals surface area contributed by atoms with Crippen molar-refractivity contribution in [2.75, 3.05) is 16.0 Å². The fourth-order valence-corrected chi connectivity index (χ4v) is 2.71. The molecule has 0 atom stereocenters. The lowest BCUT2D eigenvalue weighted by molar-refractivity contribution is -0.115. The van der Waals surface area contributed by atoms with Crippen LogP contribution in [0.4, 0.5) is 17.1 Å². The van der Waals surface area contributed by atoms with Gasteiger partial charge in [-0.15, -0.1) is 0 Å². The standard InChI is InChI=1S/C20H18N4O3/c1-12(25)22-16-9-15(10-17(11-16)23-13(2)26)20(27)24-18-7-3-5-14-6-4-8-21-19(14)18/h3-11H,1-2H3,(H,22,25)(H,23,26)(H,24,27). The Hall–Kier alpha value is -3.74. The van der Waals surface area contributed by atoms with E-state index in [1.165, 1.54) is 13.8 Å². The topological polar surface area (TPSA) is 100 Å². The van der Waals surface area contributed by atoms with Crippen LogP contribution < -0.4 is 16.0 Å². The van der Waals surface area contributed by atoms with Gasteiger partial charge in [-0.2, -0.15) is 0 Å². The molecule has 3 aromatic rings. The number of carbonyl (C=O) groups excluding carboxylic acids is 3. The molecule has 7 nitrogen and oxygen atoms in total. The average molecular weight is 362 g/mol. The first kappa shape index (κ1) is 18.1. The maximum Gasteiger partial charge on any atom is 0.255 e. The molecule has 0 aliphatic carbocycles. The van der Waals surface area contributed by atoms with E-state index in [0.29, 0.717) is 22.6 Å². The van der Waals surface area contributed by atoms with Gasteiger partial charge in [-0.1, -0.05) is 18.2 Å². The van der Waals surface area contributed by atoms with Gasteiger partial charge in [-0.05, 0) is 30.3 Å². The van der Waals surface area contributed by atoms with Gasteiger partial charge in [0.15, 0.2) is 0 Å². The van der Waals surface area contributed by atoms with Gasteiger partial charge in [0.1, 0.15) is 0 Å². The van der Waals surface area contributed by atoms with Crippen molar-refractivity contribution in [3.05, 3.63) is 60.3 Å². The van der Waals surface area contributed by atoms with E-state index in [9.17, 15) is 14.4 Å². The molecule has 0 fully saturated rings. The van der Waals surface area contributed by atoms with Crippen LogP contribution in [0.5, 0.6) is 0 Å². The molecule has 0 unspecified atom stereocenters. The minimum atomic E-state index is -0.382. The van der Waals surface area contributed by atoms with E-state index in [1.807, 2.05) is 24.3 Å². The molecule has 3 rings (SSSR count). The number of para-hydroxylation sites is 1. The van der Waals surface area contributed by atoms with Crippen LogP contribution in [0.1, 0.15) is 24.2 Å². The van der Waals surface area contributed by atoms with E-state index in [-0.39, 0.29) is 23.3 Å². The Bertz CT molecular complexity index is 1010. The summed E-state index contributed by atoms with van der Waals surface area (Å²) in [6, 6.07) is 13.9. The number of anilines is 3. The Labute approximate surface area is 155 Å². The molecule has 0 aliphatic rings. The highest BCUT2D eigenvalue weighted by atomic mass is 16.2. The van der Waals surface area contributed by atoms with Gasteiger partial charge in [-0.3, -0.25) is 19.4 Å². The molecule has 1 heterocycles. The zero-order chi connectivity index (χ0) is 19.4. The Morgan fingerprint density at radius 2 is 1.44 bits per heavy atom. The molecule has 136 valence electrons. The maximum atomic E-state index is 12.8. The van der Waals surface area contributed by atoms with Crippen LogP contribution in [0, 0.1) is 0 Å². The van der Waals surface area contributed by atoms with Crippen molar-refractivity contribution < 1.29 is 14.4 Å². The predicted octanol–water partition coefficient (Wildman–Crippen LogP) is 3.40. The largest absolute Gasteiger partial charge is 0.326 e. The van der Waals surface area contributed by atoms with Crippen molar-refractivity contribution in [2.24, 2.45) is 0 Å². The highest BCUT2D eigenvalue weighted by molar-refractivity contribution is 6.09. The molecule has 0 bridgehead atoms. The van der Waals surface area contributed by atoms with Crippen LogP contribution >= 0.6 is 0 Å². The average Bonchev–Trinajstić information content (AvgIpc) is 2.60. The Balaban J connectivity index is 1.95. The number of nitrogens with zero attached hydrogens (tertiary/aromatic N) is 1. The van der Waals surface area contributed by atoms with E-state index in [2.05, 4.69) is 20.9 Å². The second kappa shape index (κ2) is 7.65. The van der Waals surface area contributed by atoms with E-state index in [4.69, 9.17) is 0 Å². The van der Waals surface area contributed by atoms with E-state index >= 15 is 0 Å². The highest BCUT2D eigenvalue weighted by Crippen LogP contribution is 2.24. The summed E-state index contributed by atoms with van der Waals surface area (Å²) < 4.78 is 0. The molecule has 7 heteroatoms. The fourth-order valence-electron chi connectivity index (χ4n) is 2.71. The van der Waals surface area contributed by atoms with Crippen LogP contribution in [0.3, 0.4) is 0 Å². The molecule has 0 spiro atoms. The van der Waals surface area contributed by atoms with Gasteiger partial charge < -0.3 is 16.0 Å². The van der Waals surface area contributed by atoms with Crippen molar-refractivity contribution in [2.45, 2.75) is 13.8 Å². The Morgan fingerprint density at radius 1 is 0.815 bits per heavy atom. The lowest BCUT2D eigenvalue weighted by Crippen LogP contribution is -2.15. The van der Waals surface area contributed by atoms with Crippen LogP contribution in [0.25, 0.3) is 10.9 Å². The number of aromatic nitrogens is 1. The summed E-state index contributed by atoms with van der Waals surface area (Å²) >= 11 is 0. The number of nitrogens with one attached hydrogen (secondary N) is 3. The smallest absolute Gasteiger partial charge is 0.255 e. The molecular formula is C20H18N4O3. The van der Waals surface area contributed by atoms with Crippen LogP contribution in [0.2, 0.25) is 0 Å². The van der Waals surface area contributed by atoms with E-state index in [1.54, 1.807) is 30.5 Å². The normalized spacial score (nSPS) is 10.3. The minimum absolute atomic E-state index is 0.278. The molecule has 0 aliphatic heterocycles. The molecule has 0 saturated carbocycles. The Kier molecular flexibility index (Phi) is 5.12. The number of hydrogen-bond donors (Lipinski definition) is 3. The lowest BCUT2D eigenvalue weighted by Gasteiger charge is -2.12. The van der Waals surface area contributed by atoms with Crippen molar-refractivity contribution >= 4 is 45.7 Å². The van der Waals surface area contributed by atoms with Crippen LogP contribution in [0.15, 0.2) is 54.7 Å². The van der Waals surface area contributed by atoms with Crippen molar-refractivity contribution in [3.63, 3.8) is 0 Å². The third-order valence-electron chi connectivity index (χ3n) is 3.72. The second-order valence-corrected chi connectivity index (χ2v) is 6.00. The molecular weight excluding hydrogens is 344 g/mol. The fraction of sp³-hybridized carbons (Fsp3) is 0.100. The maximum absolute atomic E-state index is 12.8. The van der Waals surface area contributed by atoms with Gasteiger partial charge in [0, 0.05) is 42.4 Å². The van der Waals surface area contributed by atoms with Gasteiger partial charge >= 0.3 is 0 Å². The molecule has 3 amide bonds. The molecule has 3 N–H and O–H groups in total. The monoisotopic (exact) mass is 362 g/mol. The summed E-state index contributed by atoms with van der Waals surface area (Å²) in [5.41, 5.74) is 2.36. The SMILES string of the molecule is CC(=O)Nc1cc(NC(C)=O)cc(C(=O)Nc2cccc3cccnc23)c1. The number of pyridine rings is 1. The van der Waals surface area contributed by atoms with E-state index < -0.39 is 0 Å². The van der Waals surface area contributed by atoms with Crippen molar-refractivity contribution in [1.29, 1.82) is 0 Å². The van der Waals surface area contributed by atoms with Crippen molar-refractivity contribution in [1.82, 2.24) is 4.98 Å². The molecule has 1 aromatic heterocycles. The molecule has 0 saturated heterocycles. The van der Waals surface area contributed by atoms with Crippen LogP contribution in [-0.4, -0.2) is 22.7 Å². The van der Waals surface area contributed by atoms with Gasteiger partial charge in [-0.25, -0.2) is 0 Å². The Morgan fingerprint density at radius 3 is 2.07 bits per heavy atom.